The quantitative estimate of drug-likeness (QED) is 0.893. The molecule has 0 saturated carbocycles. The molecule has 6 heteroatoms. The maximum atomic E-state index is 12.2. The van der Waals surface area contributed by atoms with Crippen molar-refractivity contribution < 1.29 is 14.6 Å². The first-order valence-electron chi connectivity index (χ1n) is 6.46. The van der Waals surface area contributed by atoms with Crippen LogP contribution in [0.5, 0.6) is 5.75 Å². The largest absolute Gasteiger partial charge is 0.497 e. The van der Waals surface area contributed by atoms with Crippen LogP contribution >= 0.6 is 11.3 Å². The fourth-order valence-corrected chi connectivity index (χ4v) is 2.55. The fourth-order valence-electron chi connectivity index (χ4n) is 1.97. The Balaban J connectivity index is 2.09. The zero-order valence-corrected chi connectivity index (χ0v) is 12.8. The number of methoxy groups -OCH3 is 1. The number of carbonyl (C=O) groups excluding carboxylic acids is 1. The van der Waals surface area contributed by atoms with Gasteiger partial charge in [0, 0.05) is 12.4 Å². The number of amides is 2. The number of aliphatic hydroxyl groups excluding tert-OH is 1. The van der Waals surface area contributed by atoms with Crippen molar-refractivity contribution in [2.45, 2.75) is 6.04 Å². The molecule has 1 aromatic carbocycles. The summed E-state index contributed by atoms with van der Waals surface area (Å²) in [5.74, 6) is 0.737. The van der Waals surface area contributed by atoms with Gasteiger partial charge in [0.15, 0.2) is 0 Å². The maximum absolute atomic E-state index is 12.2. The van der Waals surface area contributed by atoms with E-state index in [4.69, 9.17) is 4.74 Å². The molecule has 2 rings (SSSR count). The number of rotatable bonds is 5. The van der Waals surface area contributed by atoms with Gasteiger partial charge in [-0.2, -0.15) is 11.3 Å². The molecular weight excluding hydrogens is 288 g/mol. The van der Waals surface area contributed by atoms with Crippen molar-refractivity contribution in [1.29, 1.82) is 0 Å². The van der Waals surface area contributed by atoms with Crippen molar-refractivity contribution >= 4 is 23.1 Å². The van der Waals surface area contributed by atoms with Crippen LogP contribution in [0, 0.1) is 0 Å². The molecule has 0 bridgehead atoms. The van der Waals surface area contributed by atoms with Crippen LogP contribution in [0.2, 0.25) is 0 Å². The Hall–Kier alpha value is -2.05. The lowest BCUT2D eigenvalue weighted by Crippen LogP contribution is -2.36. The highest BCUT2D eigenvalue weighted by molar-refractivity contribution is 7.08. The first-order chi connectivity index (χ1) is 10.2. The molecule has 1 aromatic heterocycles. The van der Waals surface area contributed by atoms with Gasteiger partial charge in [0.2, 0.25) is 0 Å². The van der Waals surface area contributed by atoms with Gasteiger partial charge in [-0.1, -0.05) is 12.1 Å². The number of anilines is 1. The van der Waals surface area contributed by atoms with Crippen LogP contribution in [0.25, 0.3) is 0 Å². The van der Waals surface area contributed by atoms with E-state index in [0.29, 0.717) is 0 Å². The number of nitrogens with zero attached hydrogens (tertiary/aromatic N) is 1. The van der Waals surface area contributed by atoms with Crippen LogP contribution in [0.15, 0.2) is 41.1 Å². The molecule has 2 aromatic rings. The summed E-state index contributed by atoms with van der Waals surface area (Å²) in [5.41, 5.74) is 1.60. The first kappa shape index (κ1) is 15.3. The normalized spacial score (nSPS) is 11.8. The smallest absolute Gasteiger partial charge is 0.322 e. The minimum absolute atomic E-state index is 0.153. The summed E-state index contributed by atoms with van der Waals surface area (Å²) in [6.07, 6.45) is 0. The van der Waals surface area contributed by atoms with E-state index in [9.17, 15) is 9.90 Å². The molecule has 0 aliphatic rings. The average Bonchev–Trinajstić information content (AvgIpc) is 3.01. The van der Waals surface area contributed by atoms with Gasteiger partial charge in [-0.25, -0.2) is 4.79 Å². The number of thiophene rings is 1. The van der Waals surface area contributed by atoms with Gasteiger partial charge in [-0.05, 0) is 29.1 Å². The highest BCUT2D eigenvalue weighted by atomic mass is 32.1. The second-order valence-electron chi connectivity index (χ2n) is 4.52. The molecule has 2 N–H and O–H groups in total. The summed E-state index contributed by atoms with van der Waals surface area (Å²) in [6, 6.07) is 8.46. The van der Waals surface area contributed by atoms with Crippen LogP contribution in [-0.2, 0) is 0 Å². The number of hydrogen-bond donors (Lipinski definition) is 2. The SMILES string of the molecule is COc1ccc(C(CO)N(C)C(=O)Nc2ccsc2)cc1. The minimum Gasteiger partial charge on any atom is -0.497 e. The molecule has 1 atom stereocenters. The molecule has 0 aliphatic heterocycles. The molecule has 112 valence electrons. The Kier molecular flexibility index (Phi) is 5.19. The van der Waals surface area contributed by atoms with Crippen LogP contribution < -0.4 is 10.1 Å². The summed E-state index contributed by atoms with van der Waals surface area (Å²) < 4.78 is 5.11. The van der Waals surface area contributed by atoms with Gasteiger partial charge in [0.25, 0.3) is 0 Å². The van der Waals surface area contributed by atoms with E-state index < -0.39 is 6.04 Å². The predicted molar refractivity (Wildman–Crippen MR) is 83.9 cm³/mol. The van der Waals surface area contributed by atoms with E-state index in [1.54, 1.807) is 14.2 Å². The van der Waals surface area contributed by atoms with Gasteiger partial charge in [-0.3, -0.25) is 0 Å². The van der Waals surface area contributed by atoms with Crippen LogP contribution in [-0.4, -0.2) is 36.8 Å². The van der Waals surface area contributed by atoms with E-state index >= 15 is 0 Å². The van der Waals surface area contributed by atoms with Gasteiger partial charge in [0.05, 0.1) is 25.4 Å². The molecule has 0 aliphatic carbocycles. The maximum Gasteiger partial charge on any atom is 0.322 e. The van der Waals surface area contributed by atoms with E-state index in [-0.39, 0.29) is 12.6 Å². The highest BCUT2D eigenvalue weighted by Gasteiger charge is 2.21. The Morgan fingerprint density at radius 2 is 2.10 bits per heavy atom. The van der Waals surface area contributed by atoms with Crippen LogP contribution in [0.1, 0.15) is 11.6 Å². The number of carbonyl (C=O) groups is 1. The molecular formula is C15H18N2O3S. The molecule has 1 unspecified atom stereocenters. The van der Waals surface area contributed by atoms with Crippen LogP contribution in [0.3, 0.4) is 0 Å². The van der Waals surface area contributed by atoms with Crippen molar-refractivity contribution in [1.82, 2.24) is 4.90 Å². The van der Waals surface area contributed by atoms with E-state index in [0.717, 1.165) is 17.0 Å². The number of hydrogen-bond acceptors (Lipinski definition) is 4. The lowest BCUT2D eigenvalue weighted by Gasteiger charge is -2.27. The molecule has 0 radical (unpaired) electrons. The number of benzene rings is 1. The lowest BCUT2D eigenvalue weighted by atomic mass is 10.1. The second-order valence-corrected chi connectivity index (χ2v) is 5.30. The summed E-state index contributed by atoms with van der Waals surface area (Å²) in [7, 11) is 3.26. The van der Waals surface area contributed by atoms with Crippen molar-refractivity contribution in [3.63, 3.8) is 0 Å². The Bertz CT molecular complexity index is 569. The lowest BCUT2D eigenvalue weighted by molar-refractivity contribution is 0.159. The third kappa shape index (κ3) is 3.74. The predicted octanol–water partition coefficient (Wildman–Crippen LogP) is 2.95. The molecule has 5 nitrogen and oxygen atoms in total. The topological polar surface area (TPSA) is 61.8 Å². The Labute approximate surface area is 127 Å². The number of ether oxygens (including phenoxy) is 1. The van der Waals surface area contributed by atoms with Crippen molar-refractivity contribution in [2.24, 2.45) is 0 Å². The van der Waals surface area contributed by atoms with E-state index in [2.05, 4.69) is 5.32 Å². The van der Waals surface area contributed by atoms with E-state index in [1.807, 2.05) is 41.1 Å². The third-order valence-electron chi connectivity index (χ3n) is 3.23. The minimum atomic E-state index is -0.408. The molecule has 2 amide bonds. The standard InChI is InChI=1S/C15H18N2O3S/c1-17(15(19)16-12-7-8-21-10-12)14(9-18)11-3-5-13(20-2)6-4-11/h3-8,10,14,18H,9H2,1-2H3,(H,16,19). The molecule has 0 spiro atoms. The number of aliphatic hydroxyl groups is 1. The van der Waals surface area contributed by atoms with E-state index in [1.165, 1.54) is 16.2 Å². The molecule has 0 saturated heterocycles. The third-order valence-corrected chi connectivity index (χ3v) is 3.92. The van der Waals surface area contributed by atoms with Gasteiger partial charge in [-0.15, -0.1) is 0 Å². The Morgan fingerprint density at radius 3 is 2.62 bits per heavy atom. The number of nitrogens with one attached hydrogen (secondary N) is 1. The number of urea groups is 1. The van der Waals surface area contributed by atoms with Crippen molar-refractivity contribution in [2.75, 3.05) is 26.1 Å². The zero-order valence-electron chi connectivity index (χ0n) is 11.9. The molecule has 1 heterocycles. The van der Waals surface area contributed by atoms with Crippen molar-refractivity contribution in [3.8, 4) is 5.75 Å². The summed E-state index contributed by atoms with van der Waals surface area (Å²) in [6.45, 7) is -0.153. The van der Waals surface area contributed by atoms with Crippen molar-refractivity contribution in [3.05, 3.63) is 46.7 Å². The monoisotopic (exact) mass is 306 g/mol. The summed E-state index contributed by atoms with van der Waals surface area (Å²) >= 11 is 1.51. The first-order valence-corrected chi connectivity index (χ1v) is 7.40. The fraction of sp³-hybridized carbons (Fsp3) is 0.267. The molecule has 0 fully saturated rings. The molecule has 21 heavy (non-hydrogen) atoms. The zero-order chi connectivity index (χ0) is 15.2. The number of likely N-dealkylation sites (N-methyl/N-ethyl adjacent to an activating group) is 1. The highest BCUT2D eigenvalue weighted by Crippen LogP contribution is 2.23. The average molecular weight is 306 g/mol. The Morgan fingerprint density at radius 1 is 1.38 bits per heavy atom. The van der Waals surface area contributed by atoms with Gasteiger partial charge >= 0.3 is 6.03 Å². The summed E-state index contributed by atoms with van der Waals surface area (Å²) in [5, 5.41) is 16.1. The second kappa shape index (κ2) is 7.10. The van der Waals surface area contributed by atoms with Gasteiger partial charge in [0.1, 0.15) is 5.75 Å². The van der Waals surface area contributed by atoms with Gasteiger partial charge < -0.3 is 20.1 Å². The summed E-state index contributed by atoms with van der Waals surface area (Å²) in [4.78, 5) is 13.7. The van der Waals surface area contributed by atoms with Crippen LogP contribution in [0.4, 0.5) is 10.5 Å².